The van der Waals surface area contributed by atoms with E-state index in [2.05, 4.69) is 21.6 Å². The zero-order valence-corrected chi connectivity index (χ0v) is 34.0. The SMILES string of the molecule is COC(=O)c1ccc(Oc2c(C#N)cc(OC(C)C)c(OC(C)C)c2C#N)cc1.COC(=O)c1ccc(Oc2c(C#N)cc(OC(C)C)c(OC(C)C)c2C#N)cc1. The van der Waals surface area contributed by atoms with E-state index in [1.807, 2.05) is 67.5 Å². The second-order valence-corrected chi connectivity index (χ2v) is 13.3. The molecule has 0 spiro atoms. The van der Waals surface area contributed by atoms with Crippen LogP contribution in [0.3, 0.4) is 0 Å². The molecule has 0 saturated carbocycles. The van der Waals surface area contributed by atoms with E-state index < -0.39 is 11.9 Å². The Morgan fingerprint density at radius 3 is 1.02 bits per heavy atom. The number of carbonyl (C=O) groups excluding carboxylic acids is 2. The molecule has 58 heavy (non-hydrogen) atoms. The molecule has 0 aliphatic rings. The molecule has 4 aromatic rings. The zero-order valence-electron chi connectivity index (χ0n) is 34.0. The van der Waals surface area contributed by atoms with Crippen molar-refractivity contribution in [3.8, 4) is 70.3 Å². The van der Waals surface area contributed by atoms with Gasteiger partial charge in [-0.1, -0.05) is 0 Å². The number of rotatable bonds is 14. The summed E-state index contributed by atoms with van der Waals surface area (Å²) in [5, 5.41) is 38.8. The van der Waals surface area contributed by atoms with Crippen LogP contribution in [-0.2, 0) is 9.47 Å². The van der Waals surface area contributed by atoms with E-state index in [1.54, 1.807) is 24.3 Å². The highest BCUT2D eigenvalue weighted by molar-refractivity contribution is 5.90. The van der Waals surface area contributed by atoms with Crippen molar-refractivity contribution in [3.05, 3.63) is 94.0 Å². The third-order valence-electron chi connectivity index (χ3n) is 7.28. The van der Waals surface area contributed by atoms with Gasteiger partial charge in [0.2, 0.25) is 0 Å². The molecule has 14 nitrogen and oxygen atoms in total. The summed E-state index contributed by atoms with van der Waals surface area (Å²) in [7, 11) is 2.59. The first-order chi connectivity index (χ1) is 27.6. The van der Waals surface area contributed by atoms with Gasteiger partial charge in [0, 0.05) is 12.1 Å². The minimum atomic E-state index is -0.477. The second kappa shape index (κ2) is 21.0. The van der Waals surface area contributed by atoms with Crippen molar-refractivity contribution >= 4 is 11.9 Å². The number of ether oxygens (including phenoxy) is 8. The summed E-state index contributed by atoms with van der Waals surface area (Å²) in [6, 6.07) is 23.5. The van der Waals surface area contributed by atoms with Gasteiger partial charge in [-0.3, -0.25) is 0 Å². The number of carbonyl (C=O) groups is 2. The monoisotopic (exact) mass is 788 g/mol. The number of nitrogens with zero attached hydrogens (tertiary/aromatic N) is 4. The molecule has 0 fully saturated rings. The van der Waals surface area contributed by atoms with Crippen LogP contribution >= 0.6 is 0 Å². The van der Waals surface area contributed by atoms with Gasteiger partial charge in [-0.15, -0.1) is 0 Å². The quantitative estimate of drug-likeness (QED) is 0.109. The van der Waals surface area contributed by atoms with Gasteiger partial charge in [0.1, 0.15) is 46.9 Å². The maximum absolute atomic E-state index is 11.6. The molecule has 0 aliphatic carbocycles. The van der Waals surface area contributed by atoms with E-state index in [-0.39, 0.29) is 69.7 Å². The van der Waals surface area contributed by atoms with Crippen LogP contribution < -0.4 is 28.4 Å². The molecule has 0 unspecified atom stereocenters. The molecule has 0 heterocycles. The standard InChI is InChI=1S/2C22H22N2O5/c2*1-13(2)27-19-10-16(11-23)20(18(12-24)21(19)28-14(3)4)29-17-8-6-15(7-9-17)22(25)26-5/h2*6-10,13-14H,1-5H3. The van der Waals surface area contributed by atoms with Crippen LogP contribution in [0.25, 0.3) is 0 Å². The maximum atomic E-state index is 11.6. The fourth-order valence-electron chi connectivity index (χ4n) is 5.01. The molecule has 0 amide bonds. The lowest BCUT2D eigenvalue weighted by atomic mass is 10.1. The second-order valence-electron chi connectivity index (χ2n) is 13.3. The smallest absolute Gasteiger partial charge is 0.337 e. The Morgan fingerprint density at radius 1 is 0.466 bits per heavy atom. The third-order valence-corrected chi connectivity index (χ3v) is 7.28. The number of nitriles is 4. The average Bonchev–Trinajstić information content (AvgIpc) is 3.19. The summed E-state index contributed by atoms with van der Waals surface area (Å²) in [5.41, 5.74) is 1.09. The van der Waals surface area contributed by atoms with E-state index in [4.69, 9.17) is 28.4 Å². The van der Waals surface area contributed by atoms with Gasteiger partial charge in [0.05, 0.1) is 60.9 Å². The lowest BCUT2D eigenvalue weighted by molar-refractivity contribution is 0.0592. The molecule has 0 atom stereocenters. The highest BCUT2D eigenvalue weighted by atomic mass is 16.5. The lowest BCUT2D eigenvalue weighted by Crippen LogP contribution is -2.13. The van der Waals surface area contributed by atoms with Gasteiger partial charge in [-0.25, -0.2) is 9.59 Å². The number of hydrogen-bond acceptors (Lipinski definition) is 14. The molecule has 300 valence electrons. The predicted molar refractivity (Wildman–Crippen MR) is 211 cm³/mol. The molecule has 0 saturated heterocycles. The molecule has 0 aromatic heterocycles. The minimum Gasteiger partial charge on any atom is -0.487 e. The van der Waals surface area contributed by atoms with E-state index in [9.17, 15) is 30.6 Å². The molecule has 0 bridgehead atoms. The van der Waals surface area contributed by atoms with Gasteiger partial charge < -0.3 is 37.9 Å². The summed E-state index contributed by atoms with van der Waals surface area (Å²) < 4.78 is 44.2. The first-order valence-corrected chi connectivity index (χ1v) is 18.0. The summed E-state index contributed by atoms with van der Waals surface area (Å²) >= 11 is 0. The fraction of sp³-hybridized carbons (Fsp3) is 0.318. The van der Waals surface area contributed by atoms with Gasteiger partial charge in [-0.05, 0) is 104 Å². The summed E-state index contributed by atoms with van der Waals surface area (Å²) in [6.45, 7) is 14.6. The molecular weight excluding hydrogens is 745 g/mol. The number of methoxy groups -OCH3 is 2. The average molecular weight is 789 g/mol. The van der Waals surface area contributed by atoms with Gasteiger partial charge in [0.25, 0.3) is 0 Å². The van der Waals surface area contributed by atoms with E-state index in [0.29, 0.717) is 34.1 Å². The Labute approximate surface area is 338 Å². The maximum Gasteiger partial charge on any atom is 0.337 e. The van der Waals surface area contributed by atoms with E-state index in [1.165, 1.54) is 50.6 Å². The van der Waals surface area contributed by atoms with Crippen LogP contribution in [0.5, 0.6) is 46.0 Å². The van der Waals surface area contributed by atoms with Crippen LogP contribution in [0.4, 0.5) is 0 Å². The van der Waals surface area contributed by atoms with Crippen LogP contribution in [0.1, 0.15) is 98.4 Å². The normalized spacial score (nSPS) is 10.2. The summed E-state index contributed by atoms with van der Waals surface area (Å²) in [4.78, 5) is 23.2. The third kappa shape index (κ3) is 11.8. The van der Waals surface area contributed by atoms with Gasteiger partial charge >= 0.3 is 11.9 Å². The Morgan fingerprint density at radius 2 is 0.776 bits per heavy atom. The van der Waals surface area contributed by atoms with Crippen LogP contribution in [0, 0.1) is 45.3 Å². The predicted octanol–water partition coefficient (Wildman–Crippen LogP) is 9.17. The van der Waals surface area contributed by atoms with Crippen LogP contribution in [-0.4, -0.2) is 50.6 Å². The Kier molecular flexibility index (Phi) is 16.3. The fourth-order valence-corrected chi connectivity index (χ4v) is 5.01. The van der Waals surface area contributed by atoms with Gasteiger partial charge in [0.15, 0.2) is 34.5 Å². The summed E-state index contributed by atoms with van der Waals surface area (Å²) in [5.74, 6) is 0.903. The minimum absolute atomic E-state index is 0.0606. The molecule has 4 rings (SSSR count). The molecule has 4 aromatic carbocycles. The first-order valence-electron chi connectivity index (χ1n) is 18.0. The Balaban J connectivity index is 0.000000310. The zero-order chi connectivity index (χ0) is 43.1. The summed E-state index contributed by atoms with van der Waals surface area (Å²) in [6.07, 6.45) is -0.811. The van der Waals surface area contributed by atoms with Crippen molar-refractivity contribution < 1.29 is 47.5 Å². The van der Waals surface area contributed by atoms with Crippen molar-refractivity contribution in [1.29, 1.82) is 21.0 Å². The van der Waals surface area contributed by atoms with Crippen LogP contribution in [0.2, 0.25) is 0 Å². The van der Waals surface area contributed by atoms with Crippen molar-refractivity contribution in [3.63, 3.8) is 0 Å². The molecule has 0 radical (unpaired) electrons. The van der Waals surface area contributed by atoms with E-state index in [0.717, 1.165) is 0 Å². The molecule has 0 aliphatic heterocycles. The van der Waals surface area contributed by atoms with Crippen molar-refractivity contribution in [2.75, 3.05) is 14.2 Å². The van der Waals surface area contributed by atoms with Crippen molar-refractivity contribution in [2.45, 2.75) is 79.8 Å². The number of esters is 2. The van der Waals surface area contributed by atoms with Crippen molar-refractivity contribution in [2.24, 2.45) is 0 Å². The lowest BCUT2D eigenvalue weighted by Gasteiger charge is -2.20. The number of benzene rings is 4. The van der Waals surface area contributed by atoms with Crippen molar-refractivity contribution in [1.82, 2.24) is 0 Å². The first kappa shape index (κ1) is 45.0. The number of hydrogen-bond donors (Lipinski definition) is 0. The Bertz CT molecular complexity index is 2090. The Hall–Kier alpha value is -7.42. The molecule has 0 N–H and O–H groups in total. The van der Waals surface area contributed by atoms with Gasteiger partial charge in [-0.2, -0.15) is 21.0 Å². The van der Waals surface area contributed by atoms with Crippen LogP contribution in [0.15, 0.2) is 60.7 Å². The highest BCUT2D eigenvalue weighted by Crippen LogP contribution is 2.44. The topological polar surface area (TPSA) is 203 Å². The molecular formula is C44H44N4O10. The van der Waals surface area contributed by atoms with E-state index >= 15 is 0 Å². The largest absolute Gasteiger partial charge is 0.487 e. The highest BCUT2D eigenvalue weighted by Gasteiger charge is 2.26. The molecule has 14 heteroatoms.